The summed E-state index contributed by atoms with van der Waals surface area (Å²) < 4.78 is 48.2. The molecule has 6 rings (SSSR count). The van der Waals surface area contributed by atoms with Crippen molar-refractivity contribution in [3.8, 4) is 34.6 Å². The van der Waals surface area contributed by atoms with Gasteiger partial charge in [-0.25, -0.2) is 26.2 Å². The van der Waals surface area contributed by atoms with Gasteiger partial charge in [-0.2, -0.15) is 20.4 Å². The normalized spacial score (nSPS) is 11.5. The van der Waals surface area contributed by atoms with Crippen LogP contribution in [0.15, 0.2) is 127 Å². The van der Waals surface area contributed by atoms with Crippen molar-refractivity contribution in [3.05, 3.63) is 108 Å². The third-order valence-corrected chi connectivity index (χ3v) is 9.43. The molecule has 0 unspecified atom stereocenters. The monoisotopic (exact) mass is 815 g/mol. The van der Waals surface area contributed by atoms with E-state index >= 15 is 0 Å². The van der Waals surface area contributed by atoms with E-state index < -0.39 is 42.9 Å². The molecule has 0 atom stereocenters. The molecule has 2 heterocycles. The summed E-state index contributed by atoms with van der Waals surface area (Å²) >= 11 is 0. The molecule has 0 aliphatic heterocycles. The van der Waals surface area contributed by atoms with Crippen molar-refractivity contribution < 1.29 is 84.2 Å². The summed E-state index contributed by atoms with van der Waals surface area (Å²) in [6.07, 6.45) is 2.02. The zero-order valence-corrected chi connectivity index (χ0v) is 34.2. The Balaban J connectivity index is 0.000000280. The van der Waals surface area contributed by atoms with Crippen molar-refractivity contribution in [1.82, 2.24) is 19.6 Å². The molecule has 2 aromatic heterocycles. The van der Waals surface area contributed by atoms with Crippen LogP contribution in [-0.4, -0.2) is 48.9 Å². The SMILES string of the molecule is Cc1nn(-c2ccccc2)c([O-])c1N=Nc1ccc(S(C)(=O)=O)cc1[O-].Cc1nn(-c2ccccc2)c([O-])c1N=Nc1ccc(S(C)(=O)=O)cc1[O-].[Cr+3].[Na+]. The molecule has 0 bridgehead atoms. The second-order valence-corrected chi connectivity index (χ2v) is 15.2. The molecule has 271 valence electrons. The van der Waals surface area contributed by atoms with Crippen LogP contribution in [0.5, 0.6) is 23.3 Å². The zero-order chi connectivity index (χ0) is 37.8. The molecule has 0 aliphatic carbocycles. The Morgan fingerprint density at radius 1 is 0.537 bits per heavy atom. The van der Waals surface area contributed by atoms with E-state index in [9.17, 15) is 37.3 Å². The molecule has 0 aliphatic rings. The predicted molar refractivity (Wildman–Crippen MR) is 182 cm³/mol. The third-order valence-electron chi connectivity index (χ3n) is 7.21. The maximum atomic E-state index is 12.5. The van der Waals surface area contributed by atoms with Gasteiger partial charge in [-0.05, 0) is 74.5 Å². The Morgan fingerprint density at radius 2 is 0.870 bits per heavy atom. The minimum Gasteiger partial charge on any atom is -0.871 e. The summed E-state index contributed by atoms with van der Waals surface area (Å²) in [6.45, 7) is 3.22. The number of rotatable bonds is 8. The van der Waals surface area contributed by atoms with Crippen LogP contribution in [0, 0.1) is 13.8 Å². The molecule has 0 saturated heterocycles. The van der Waals surface area contributed by atoms with Crippen molar-refractivity contribution in [2.75, 3.05) is 12.5 Å². The fraction of sp³-hybridized carbons (Fsp3) is 0.118. The Bertz CT molecular complexity index is 2370. The van der Waals surface area contributed by atoms with Gasteiger partial charge >= 0.3 is 46.9 Å². The molecule has 20 heteroatoms. The number of aromatic nitrogens is 4. The molecule has 4 aromatic carbocycles. The van der Waals surface area contributed by atoms with Crippen molar-refractivity contribution in [2.45, 2.75) is 23.6 Å². The number of para-hydroxylation sites is 2. The van der Waals surface area contributed by atoms with E-state index in [0.717, 1.165) is 24.6 Å². The van der Waals surface area contributed by atoms with Crippen LogP contribution in [-0.2, 0) is 37.0 Å². The maximum Gasteiger partial charge on any atom is 3.00 e. The van der Waals surface area contributed by atoms with Gasteiger partial charge in [0.2, 0.25) is 0 Å². The van der Waals surface area contributed by atoms with Crippen LogP contribution in [0.4, 0.5) is 22.7 Å². The maximum absolute atomic E-state index is 12.5. The predicted octanol–water partition coefficient (Wildman–Crippen LogP) is 1.30. The second-order valence-electron chi connectivity index (χ2n) is 11.2. The van der Waals surface area contributed by atoms with E-state index in [4.69, 9.17) is 0 Å². The van der Waals surface area contributed by atoms with Gasteiger partial charge in [0.15, 0.2) is 19.7 Å². The minimum absolute atomic E-state index is 0. The van der Waals surface area contributed by atoms with Gasteiger partial charge in [-0.15, -0.1) is 10.2 Å². The molecule has 0 saturated carbocycles. The number of sulfone groups is 2. The summed E-state index contributed by atoms with van der Waals surface area (Å²) in [5, 5.41) is 72.5. The first kappa shape index (κ1) is 43.5. The van der Waals surface area contributed by atoms with Crippen LogP contribution >= 0.6 is 0 Å². The number of hydrogen-bond acceptors (Lipinski definition) is 14. The first-order valence-corrected chi connectivity index (χ1v) is 18.8. The van der Waals surface area contributed by atoms with Gasteiger partial charge in [-0.3, -0.25) is 0 Å². The number of azo groups is 2. The Hall–Kier alpha value is -4.87. The topological polar surface area (TPSA) is 246 Å². The first-order chi connectivity index (χ1) is 24.5. The summed E-state index contributed by atoms with van der Waals surface area (Å²) in [7, 11) is -6.97. The van der Waals surface area contributed by atoms with Crippen molar-refractivity contribution in [1.29, 1.82) is 0 Å². The molecular formula is C34H28CrN8NaO8S2. The number of hydrogen-bond donors (Lipinski definition) is 0. The van der Waals surface area contributed by atoms with Crippen LogP contribution in [0.1, 0.15) is 11.4 Å². The quantitative estimate of drug-likeness (QED) is 0.157. The smallest absolute Gasteiger partial charge is 0.871 e. The Morgan fingerprint density at radius 3 is 1.17 bits per heavy atom. The van der Waals surface area contributed by atoms with E-state index in [-0.39, 0.29) is 79.5 Å². The van der Waals surface area contributed by atoms with E-state index in [1.807, 2.05) is 12.1 Å². The number of aryl methyl sites for hydroxylation is 2. The molecule has 0 amide bonds. The van der Waals surface area contributed by atoms with Gasteiger partial charge in [0.1, 0.15) is 11.4 Å². The van der Waals surface area contributed by atoms with Gasteiger partial charge < -0.3 is 20.4 Å². The van der Waals surface area contributed by atoms with Gasteiger partial charge in [0.25, 0.3) is 0 Å². The summed E-state index contributed by atoms with van der Waals surface area (Å²) in [6, 6.07) is 24.7. The molecule has 0 N–H and O–H groups in total. The zero-order valence-electron chi connectivity index (χ0n) is 29.3. The van der Waals surface area contributed by atoms with Crippen LogP contribution in [0.2, 0.25) is 0 Å². The van der Waals surface area contributed by atoms with Crippen molar-refractivity contribution >= 4 is 42.4 Å². The molecule has 6 aromatic rings. The summed E-state index contributed by atoms with van der Waals surface area (Å²) in [5.41, 5.74) is 1.80. The Kier molecular flexibility index (Phi) is 14.5. The standard InChI is InChI=1S/2C17H16N4O4S.Cr.Na/c2*1-11-16(17(23)21(20-11)12-6-4-3-5-7-12)19-18-14-9-8-13(10-15(14)22)26(2,24)25;;/h2*3-10,22-23H,1-2H3;;/q;;+3;+1/p-4. The third kappa shape index (κ3) is 10.2. The molecular weight excluding hydrogens is 788 g/mol. The number of nitrogens with zero attached hydrogens (tertiary/aromatic N) is 8. The fourth-order valence-corrected chi connectivity index (χ4v) is 5.81. The average Bonchev–Trinajstić information content (AvgIpc) is 3.55. The van der Waals surface area contributed by atoms with E-state index in [2.05, 4.69) is 30.7 Å². The van der Waals surface area contributed by atoms with Crippen molar-refractivity contribution in [3.63, 3.8) is 0 Å². The molecule has 1 radical (unpaired) electrons. The van der Waals surface area contributed by atoms with Crippen LogP contribution in [0.3, 0.4) is 0 Å². The van der Waals surface area contributed by atoms with Crippen molar-refractivity contribution in [2.24, 2.45) is 20.5 Å². The van der Waals surface area contributed by atoms with E-state index in [1.165, 1.54) is 33.6 Å². The van der Waals surface area contributed by atoms with E-state index in [1.54, 1.807) is 62.4 Å². The minimum atomic E-state index is -3.49. The largest absolute Gasteiger partial charge is 3.00 e. The van der Waals surface area contributed by atoms with Gasteiger partial charge in [0, 0.05) is 24.3 Å². The summed E-state index contributed by atoms with van der Waals surface area (Å²) in [5.74, 6) is -2.12. The van der Waals surface area contributed by atoms with Crippen LogP contribution < -0.4 is 50.0 Å². The second kappa shape index (κ2) is 18.0. The van der Waals surface area contributed by atoms with Crippen LogP contribution in [0.25, 0.3) is 11.4 Å². The first-order valence-electron chi connectivity index (χ1n) is 15.0. The molecule has 16 nitrogen and oxygen atoms in total. The van der Waals surface area contributed by atoms with Gasteiger partial charge in [0.05, 0.1) is 43.9 Å². The summed E-state index contributed by atoms with van der Waals surface area (Å²) in [4.78, 5) is -0.196. The van der Waals surface area contributed by atoms with E-state index in [0.29, 0.717) is 22.8 Å². The average molecular weight is 816 g/mol. The fourth-order valence-electron chi connectivity index (χ4n) is 4.54. The molecule has 0 spiro atoms. The molecule has 0 fully saturated rings. The number of benzene rings is 4. The van der Waals surface area contributed by atoms with Gasteiger partial charge in [-0.1, -0.05) is 47.9 Å². The Labute approximate surface area is 343 Å². The molecule has 54 heavy (non-hydrogen) atoms.